The first-order valence-corrected chi connectivity index (χ1v) is 9.93. The number of esters is 1. The Bertz CT molecular complexity index is 978. The van der Waals surface area contributed by atoms with E-state index in [-0.39, 0.29) is 17.9 Å². The first-order chi connectivity index (χ1) is 11.9. The molecule has 9 heteroatoms. The molecule has 0 aliphatic rings. The SMILES string of the molecule is CS(=O)(=O)Nc1ccccc1C(=O)OCc1cc(-c2cccs2)on1. The molecule has 0 unspecified atom stereocenters. The Morgan fingerprint density at radius 1 is 1.28 bits per heavy atom. The van der Waals surface area contributed by atoms with E-state index in [0.29, 0.717) is 11.5 Å². The van der Waals surface area contributed by atoms with Gasteiger partial charge >= 0.3 is 5.97 Å². The Labute approximate surface area is 148 Å². The first kappa shape index (κ1) is 17.2. The molecule has 0 amide bonds. The molecule has 0 saturated carbocycles. The number of nitrogens with one attached hydrogen (secondary N) is 1. The summed E-state index contributed by atoms with van der Waals surface area (Å²) in [6, 6.07) is 11.7. The summed E-state index contributed by atoms with van der Waals surface area (Å²) < 4.78 is 35.5. The fourth-order valence-corrected chi connectivity index (χ4v) is 3.33. The predicted octanol–water partition coefficient (Wildman–Crippen LogP) is 3.13. The van der Waals surface area contributed by atoms with Gasteiger partial charge in [0.15, 0.2) is 5.76 Å². The van der Waals surface area contributed by atoms with Gasteiger partial charge in [-0.3, -0.25) is 4.72 Å². The van der Waals surface area contributed by atoms with Crippen molar-refractivity contribution in [3.8, 4) is 10.6 Å². The van der Waals surface area contributed by atoms with E-state index in [2.05, 4.69) is 9.88 Å². The molecule has 0 radical (unpaired) electrons. The van der Waals surface area contributed by atoms with E-state index in [1.165, 1.54) is 23.5 Å². The molecule has 25 heavy (non-hydrogen) atoms. The van der Waals surface area contributed by atoms with Gasteiger partial charge in [-0.25, -0.2) is 13.2 Å². The van der Waals surface area contributed by atoms with Gasteiger partial charge in [0.1, 0.15) is 12.3 Å². The van der Waals surface area contributed by atoms with Crippen LogP contribution in [-0.4, -0.2) is 25.8 Å². The second-order valence-corrected chi connectivity index (χ2v) is 7.85. The topological polar surface area (TPSA) is 98.5 Å². The minimum absolute atomic E-state index is 0.0824. The highest BCUT2D eigenvalue weighted by Gasteiger charge is 2.16. The molecule has 0 fully saturated rings. The maximum atomic E-state index is 12.2. The summed E-state index contributed by atoms with van der Waals surface area (Å²) in [5, 5.41) is 5.78. The molecular weight excluding hydrogens is 364 g/mol. The molecule has 2 aromatic heterocycles. The van der Waals surface area contributed by atoms with Gasteiger partial charge in [0.05, 0.1) is 22.4 Å². The van der Waals surface area contributed by atoms with Crippen LogP contribution >= 0.6 is 11.3 Å². The fraction of sp³-hybridized carbons (Fsp3) is 0.125. The average Bonchev–Trinajstić information content (AvgIpc) is 3.23. The Morgan fingerprint density at radius 3 is 2.80 bits per heavy atom. The third-order valence-electron chi connectivity index (χ3n) is 3.12. The molecule has 0 atom stereocenters. The zero-order valence-electron chi connectivity index (χ0n) is 13.1. The molecule has 0 aliphatic carbocycles. The maximum Gasteiger partial charge on any atom is 0.340 e. The van der Waals surface area contributed by atoms with E-state index in [4.69, 9.17) is 9.26 Å². The Hall–Kier alpha value is -2.65. The summed E-state index contributed by atoms with van der Waals surface area (Å²) in [6.45, 7) is -0.0824. The van der Waals surface area contributed by atoms with Gasteiger partial charge in [0.2, 0.25) is 10.0 Å². The van der Waals surface area contributed by atoms with Crippen LogP contribution in [0.4, 0.5) is 5.69 Å². The zero-order chi connectivity index (χ0) is 17.9. The number of nitrogens with zero attached hydrogens (tertiary/aromatic N) is 1. The van der Waals surface area contributed by atoms with Crippen LogP contribution in [0.25, 0.3) is 10.6 Å². The second kappa shape index (κ2) is 7.08. The minimum atomic E-state index is -3.51. The molecule has 0 aliphatic heterocycles. The van der Waals surface area contributed by atoms with Crippen LogP contribution in [0.5, 0.6) is 0 Å². The number of sulfonamides is 1. The molecule has 3 rings (SSSR count). The summed E-state index contributed by atoms with van der Waals surface area (Å²) in [4.78, 5) is 13.2. The van der Waals surface area contributed by atoms with Crippen LogP contribution in [0.1, 0.15) is 16.1 Å². The number of carbonyl (C=O) groups is 1. The second-order valence-electron chi connectivity index (χ2n) is 5.16. The molecule has 3 aromatic rings. The number of rotatable bonds is 6. The van der Waals surface area contributed by atoms with Crippen molar-refractivity contribution in [2.24, 2.45) is 0 Å². The van der Waals surface area contributed by atoms with Gasteiger partial charge in [-0.2, -0.15) is 0 Å². The number of hydrogen-bond acceptors (Lipinski definition) is 7. The highest BCUT2D eigenvalue weighted by Crippen LogP contribution is 2.25. The summed E-state index contributed by atoms with van der Waals surface area (Å²) in [6.07, 6.45) is 1.01. The molecule has 0 bridgehead atoms. The lowest BCUT2D eigenvalue weighted by molar-refractivity contribution is 0.0465. The van der Waals surface area contributed by atoms with Crippen molar-refractivity contribution in [1.29, 1.82) is 0 Å². The Kier molecular flexibility index (Phi) is 4.86. The zero-order valence-corrected chi connectivity index (χ0v) is 14.8. The monoisotopic (exact) mass is 378 g/mol. The average molecular weight is 378 g/mol. The van der Waals surface area contributed by atoms with E-state index < -0.39 is 16.0 Å². The predicted molar refractivity (Wildman–Crippen MR) is 93.8 cm³/mol. The number of carbonyl (C=O) groups excluding carboxylic acids is 1. The van der Waals surface area contributed by atoms with Gasteiger partial charge in [0, 0.05) is 6.07 Å². The Morgan fingerprint density at radius 2 is 2.08 bits per heavy atom. The number of anilines is 1. The maximum absolute atomic E-state index is 12.2. The van der Waals surface area contributed by atoms with Crippen LogP contribution in [0.3, 0.4) is 0 Å². The van der Waals surface area contributed by atoms with Crippen LogP contribution in [-0.2, 0) is 21.4 Å². The van der Waals surface area contributed by atoms with Crippen molar-refractivity contribution >= 4 is 33.0 Å². The lowest BCUT2D eigenvalue weighted by Crippen LogP contribution is -2.14. The van der Waals surface area contributed by atoms with Gasteiger partial charge < -0.3 is 9.26 Å². The third kappa shape index (κ3) is 4.46. The minimum Gasteiger partial charge on any atom is -0.455 e. The summed E-state index contributed by atoms with van der Waals surface area (Å²) >= 11 is 1.51. The molecule has 2 heterocycles. The van der Waals surface area contributed by atoms with E-state index in [1.54, 1.807) is 18.2 Å². The molecule has 1 N–H and O–H groups in total. The summed E-state index contributed by atoms with van der Waals surface area (Å²) in [5.74, 6) is -0.0624. The lowest BCUT2D eigenvalue weighted by Gasteiger charge is -2.09. The van der Waals surface area contributed by atoms with Crippen molar-refractivity contribution in [2.75, 3.05) is 11.0 Å². The first-order valence-electron chi connectivity index (χ1n) is 7.16. The van der Waals surface area contributed by atoms with E-state index in [1.807, 2.05) is 17.5 Å². The van der Waals surface area contributed by atoms with Crippen molar-refractivity contribution in [3.63, 3.8) is 0 Å². The smallest absolute Gasteiger partial charge is 0.340 e. The Balaban J connectivity index is 1.69. The number of ether oxygens (including phenoxy) is 1. The largest absolute Gasteiger partial charge is 0.455 e. The summed E-state index contributed by atoms with van der Waals surface area (Å²) in [7, 11) is -3.51. The number of benzene rings is 1. The van der Waals surface area contributed by atoms with Crippen molar-refractivity contribution < 1.29 is 22.5 Å². The third-order valence-corrected chi connectivity index (χ3v) is 4.59. The van der Waals surface area contributed by atoms with Crippen LogP contribution in [0.15, 0.2) is 52.4 Å². The molecule has 0 saturated heterocycles. The van der Waals surface area contributed by atoms with Crippen LogP contribution < -0.4 is 4.72 Å². The van der Waals surface area contributed by atoms with Crippen molar-refractivity contribution in [3.05, 3.63) is 59.1 Å². The van der Waals surface area contributed by atoms with E-state index >= 15 is 0 Å². The van der Waals surface area contributed by atoms with Gasteiger partial charge in [-0.05, 0) is 23.6 Å². The number of thiophene rings is 1. The molecule has 0 spiro atoms. The molecular formula is C16H14N2O5S2. The van der Waals surface area contributed by atoms with Crippen molar-refractivity contribution in [1.82, 2.24) is 5.16 Å². The quantitative estimate of drug-likeness (QED) is 0.662. The molecule has 1 aromatic carbocycles. The number of para-hydroxylation sites is 1. The number of hydrogen-bond donors (Lipinski definition) is 1. The molecule has 7 nitrogen and oxygen atoms in total. The fourth-order valence-electron chi connectivity index (χ4n) is 2.08. The normalized spacial score (nSPS) is 11.2. The highest BCUT2D eigenvalue weighted by atomic mass is 32.2. The van der Waals surface area contributed by atoms with Crippen LogP contribution in [0.2, 0.25) is 0 Å². The van der Waals surface area contributed by atoms with E-state index in [0.717, 1.165) is 11.1 Å². The van der Waals surface area contributed by atoms with Gasteiger partial charge in [-0.15, -0.1) is 11.3 Å². The van der Waals surface area contributed by atoms with Crippen molar-refractivity contribution in [2.45, 2.75) is 6.61 Å². The van der Waals surface area contributed by atoms with Gasteiger partial charge in [0.25, 0.3) is 0 Å². The standard InChI is InChI=1S/C16H14N2O5S2/c1-25(20,21)18-13-6-3-2-5-12(13)16(19)22-10-11-9-14(23-17-11)15-7-4-8-24-15/h2-9,18H,10H2,1H3. The summed E-state index contributed by atoms with van der Waals surface area (Å²) in [5.41, 5.74) is 0.745. The number of aromatic nitrogens is 1. The highest BCUT2D eigenvalue weighted by molar-refractivity contribution is 7.92. The van der Waals surface area contributed by atoms with Gasteiger partial charge in [-0.1, -0.05) is 23.4 Å². The van der Waals surface area contributed by atoms with Crippen LogP contribution in [0, 0.1) is 0 Å². The van der Waals surface area contributed by atoms with E-state index in [9.17, 15) is 13.2 Å². The molecule has 130 valence electrons. The lowest BCUT2D eigenvalue weighted by atomic mass is 10.2.